The molecule has 5 nitrogen and oxygen atoms in total. The lowest BCUT2D eigenvalue weighted by Gasteiger charge is -2.35. The molecule has 0 aromatic heterocycles. The molecule has 3 saturated carbocycles. The van der Waals surface area contributed by atoms with E-state index in [0.29, 0.717) is 23.6 Å². The molecule has 1 aliphatic heterocycles. The van der Waals surface area contributed by atoms with Gasteiger partial charge in [0, 0.05) is 18.5 Å². The van der Waals surface area contributed by atoms with Crippen molar-refractivity contribution < 1.29 is 14.4 Å². The normalized spacial score (nSPS) is 33.6. The Kier molecular flexibility index (Phi) is 5.16. The van der Waals surface area contributed by atoms with Crippen LogP contribution in [0, 0.1) is 29.6 Å². The molecule has 2 bridgehead atoms. The van der Waals surface area contributed by atoms with Gasteiger partial charge in [-0.25, -0.2) is 0 Å². The molecule has 0 spiro atoms. The Bertz CT molecular complexity index is 831. The predicted molar refractivity (Wildman–Crippen MR) is 114 cm³/mol. The second kappa shape index (κ2) is 7.82. The number of hydrogen-bond acceptors (Lipinski definition) is 3. The number of carbonyl (C=O) groups is 3. The zero-order chi connectivity index (χ0) is 20.8. The van der Waals surface area contributed by atoms with Crippen LogP contribution in [-0.2, 0) is 4.79 Å². The maximum absolute atomic E-state index is 13.2. The molecule has 3 fully saturated rings. The molecule has 0 saturated heterocycles. The second-order valence-corrected chi connectivity index (χ2v) is 10.1. The summed E-state index contributed by atoms with van der Waals surface area (Å²) in [4.78, 5) is 40.2. The Labute approximate surface area is 178 Å². The van der Waals surface area contributed by atoms with Crippen LogP contribution in [0.4, 0.5) is 0 Å². The van der Waals surface area contributed by atoms with Gasteiger partial charge < -0.3 is 5.32 Å². The maximum atomic E-state index is 13.2. The van der Waals surface area contributed by atoms with Crippen molar-refractivity contribution in [1.82, 2.24) is 10.2 Å². The summed E-state index contributed by atoms with van der Waals surface area (Å²) in [5.74, 6) is 1.92. The average Bonchev–Trinajstić information content (AvgIpc) is 3.45. The van der Waals surface area contributed by atoms with Crippen molar-refractivity contribution in [3.8, 4) is 0 Å². The van der Waals surface area contributed by atoms with E-state index in [1.165, 1.54) is 30.6 Å². The fourth-order valence-electron chi connectivity index (χ4n) is 6.76. The first-order chi connectivity index (χ1) is 14.5. The predicted octanol–water partition coefficient (Wildman–Crippen LogP) is 4.03. The number of rotatable bonds is 5. The quantitative estimate of drug-likeness (QED) is 0.748. The van der Waals surface area contributed by atoms with Gasteiger partial charge in [0.2, 0.25) is 5.91 Å². The van der Waals surface area contributed by atoms with Crippen LogP contribution in [0.2, 0.25) is 0 Å². The molecule has 5 rings (SSSR count). The van der Waals surface area contributed by atoms with Gasteiger partial charge in [-0.2, -0.15) is 0 Å². The van der Waals surface area contributed by atoms with Crippen LogP contribution in [0.1, 0.15) is 79.0 Å². The highest BCUT2D eigenvalue weighted by Crippen LogP contribution is 2.49. The van der Waals surface area contributed by atoms with Crippen molar-refractivity contribution in [2.75, 3.05) is 6.54 Å². The average molecular weight is 409 g/mol. The van der Waals surface area contributed by atoms with Gasteiger partial charge in [-0.3, -0.25) is 19.3 Å². The molecule has 6 atom stereocenters. The molecule has 3 amide bonds. The number of benzene rings is 1. The van der Waals surface area contributed by atoms with E-state index in [1.54, 1.807) is 24.3 Å². The first-order valence-electron chi connectivity index (χ1n) is 11.8. The number of fused-ring (bicyclic) bond motifs is 3. The van der Waals surface area contributed by atoms with E-state index in [-0.39, 0.29) is 35.6 Å². The summed E-state index contributed by atoms with van der Waals surface area (Å²) >= 11 is 0. The van der Waals surface area contributed by atoms with Crippen LogP contribution in [-0.4, -0.2) is 35.2 Å². The summed E-state index contributed by atoms with van der Waals surface area (Å²) in [5, 5.41) is 3.34. The fraction of sp³-hybridized carbons (Fsp3) is 0.640. The smallest absolute Gasteiger partial charge is 0.261 e. The van der Waals surface area contributed by atoms with Crippen molar-refractivity contribution in [3.05, 3.63) is 35.4 Å². The van der Waals surface area contributed by atoms with E-state index in [2.05, 4.69) is 12.2 Å². The van der Waals surface area contributed by atoms with Crippen LogP contribution in [0.25, 0.3) is 0 Å². The SMILES string of the molecule is CC(NC(=O)C1CCCCC1CN1C(=O)c2ccccc2C1=O)C1CC2CCC1C2. The van der Waals surface area contributed by atoms with Crippen molar-refractivity contribution in [2.45, 2.75) is 64.3 Å². The third kappa shape index (κ3) is 3.36. The maximum Gasteiger partial charge on any atom is 0.261 e. The molecule has 160 valence electrons. The van der Waals surface area contributed by atoms with E-state index in [4.69, 9.17) is 0 Å². The van der Waals surface area contributed by atoms with E-state index >= 15 is 0 Å². The molecule has 1 aromatic rings. The zero-order valence-electron chi connectivity index (χ0n) is 17.8. The lowest BCUT2D eigenvalue weighted by Crippen LogP contribution is -2.47. The molecule has 1 heterocycles. The van der Waals surface area contributed by atoms with Crippen molar-refractivity contribution in [3.63, 3.8) is 0 Å². The summed E-state index contributed by atoms with van der Waals surface area (Å²) < 4.78 is 0. The zero-order valence-corrected chi connectivity index (χ0v) is 17.8. The third-order valence-electron chi connectivity index (χ3n) is 8.35. The lowest BCUT2D eigenvalue weighted by molar-refractivity contribution is -0.129. The monoisotopic (exact) mass is 408 g/mol. The Hall–Kier alpha value is -2.17. The Morgan fingerprint density at radius 1 is 1.03 bits per heavy atom. The fourth-order valence-corrected chi connectivity index (χ4v) is 6.76. The molecule has 3 aliphatic carbocycles. The van der Waals surface area contributed by atoms with Crippen molar-refractivity contribution >= 4 is 17.7 Å². The van der Waals surface area contributed by atoms with Gasteiger partial charge in [0.1, 0.15) is 0 Å². The highest BCUT2D eigenvalue weighted by atomic mass is 16.2. The number of imide groups is 1. The van der Waals surface area contributed by atoms with Gasteiger partial charge in [-0.05, 0) is 74.8 Å². The summed E-state index contributed by atoms with van der Waals surface area (Å²) in [7, 11) is 0. The van der Waals surface area contributed by atoms with Gasteiger partial charge in [0.25, 0.3) is 11.8 Å². The lowest BCUT2D eigenvalue weighted by atomic mass is 9.77. The standard InChI is InChI=1S/C25H32N2O3/c1-15(22-13-16-10-11-17(22)12-16)26-23(28)19-7-3-2-6-18(19)14-27-24(29)20-8-4-5-9-21(20)25(27)30/h4-5,8-9,15-19,22H,2-3,6-7,10-14H2,1H3,(H,26,28). The minimum Gasteiger partial charge on any atom is -0.353 e. The third-order valence-corrected chi connectivity index (χ3v) is 8.35. The summed E-state index contributed by atoms with van der Waals surface area (Å²) in [6.45, 7) is 2.53. The molecule has 1 aromatic carbocycles. The Morgan fingerprint density at radius 3 is 2.37 bits per heavy atom. The molecule has 4 aliphatic rings. The number of nitrogens with one attached hydrogen (secondary N) is 1. The highest BCUT2D eigenvalue weighted by molar-refractivity contribution is 6.21. The first kappa shape index (κ1) is 19.8. The van der Waals surface area contributed by atoms with Crippen LogP contribution in [0.5, 0.6) is 0 Å². The van der Waals surface area contributed by atoms with E-state index < -0.39 is 0 Å². The molecule has 30 heavy (non-hydrogen) atoms. The molecule has 5 heteroatoms. The number of carbonyl (C=O) groups excluding carboxylic acids is 3. The second-order valence-electron chi connectivity index (χ2n) is 10.1. The van der Waals surface area contributed by atoms with Crippen molar-refractivity contribution in [2.24, 2.45) is 29.6 Å². The Balaban J connectivity index is 1.25. The first-order valence-corrected chi connectivity index (χ1v) is 11.8. The van der Waals surface area contributed by atoms with Crippen LogP contribution >= 0.6 is 0 Å². The summed E-state index contributed by atoms with van der Waals surface area (Å²) in [6, 6.07) is 7.24. The van der Waals surface area contributed by atoms with Gasteiger partial charge in [-0.1, -0.05) is 31.4 Å². The van der Waals surface area contributed by atoms with Crippen LogP contribution in [0.15, 0.2) is 24.3 Å². The number of hydrogen-bond donors (Lipinski definition) is 1. The van der Waals surface area contributed by atoms with Gasteiger partial charge in [0.15, 0.2) is 0 Å². The molecular weight excluding hydrogens is 376 g/mol. The largest absolute Gasteiger partial charge is 0.353 e. The van der Waals surface area contributed by atoms with Crippen molar-refractivity contribution in [1.29, 1.82) is 0 Å². The molecule has 6 unspecified atom stereocenters. The number of amides is 3. The number of nitrogens with zero attached hydrogens (tertiary/aromatic N) is 1. The van der Waals surface area contributed by atoms with E-state index in [9.17, 15) is 14.4 Å². The molecule has 0 radical (unpaired) electrons. The van der Waals surface area contributed by atoms with Crippen LogP contribution in [0.3, 0.4) is 0 Å². The summed E-state index contributed by atoms with van der Waals surface area (Å²) in [5.41, 5.74) is 0.980. The minimum absolute atomic E-state index is 0.0493. The molecule has 1 N–H and O–H groups in total. The van der Waals surface area contributed by atoms with Gasteiger partial charge in [-0.15, -0.1) is 0 Å². The highest BCUT2D eigenvalue weighted by Gasteiger charge is 2.44. The Morgan fingerprint density at radius 2 is 1.73 bits per heavy atom. The minimum atomic E-state index is -0.212. The topological polar surface area (TPSA) is 66.5 Å². The van der Waals surface area contributed by atoms with E-state index in [0.717, 1.165) is 37.5 Å². The summed E-state index contributed by atoms with van der Waals surface area (Å²) in [6.07, 6.45) is 9.13. The van der Waals surface area contributed by atoms with Gasteiger partial charge in [0.05, 0.1) is 11.1 Å². The van der Waals surface area contributed by atoms with Gasteiger partial charge >= 0.3 is 0 Å². The van der Waals surface area contributed by atoms with Crippen LogP contribution < -0.4 is 5.32 Å². The van der Waals surface area contributed by atoms with E-state index in [1.807, 2.05) is 0 Å². The molecular formula is C25H32N2O3.